The van der Waals surface area contributed by atoms with Gasteiger partial charge in [0.05, 0.1) is 19.8 Å². The van der Waals surface area contributed by atoms with Gasteiger partial charge in [-0.15, -0.1) is 24.0 Å². The van der Waals surface area contributed by atoms with Gasteiger partial charge in [0.1, 0.15) is 5.75 Å². The average Bonchev–Trinajstić information content (AvgIpc) is 3.11. The molecule has 148 valence electrons. The van der Waals surface area contributed by atoms with Crippen molar-refractivity contribution in [2.75, 3.05) is 61.6 Å². The normalized spacial score (nSPS) is 18.4. The third-order valence-electron chi connectivity index (χ3n) is 4.68. The lowest BCUT2D eigenvalue weighted by Gasteiger charge is -2.29. The van der Waals surface area contributed by atoms with Gasteiger partial charge in [0, 0.05) is 39.7 Å². The monoisotopic (exact) mass is 476 g/mol. The molecule has 1 aromatic carbocycles. The number of rotatable bonds is 7. The van der Waals surface area contributed by atoms with Crippen LogP contribution in [0.15, 0.2) is 29.3 Å². The molecule has 0 saturated carbocycles. The molecule has 0 aliphatic carbocycles. The van der Waals surface area contributed by atoms with Gasteiger partial charge in [0.2, 0.25) is 0 Å². The van der Waals surface area contributed by atoms with E-state index in [4.69, 9.17) is 9.47 Å². The molecule has 0 bridgehead atoms. The Balaban J connectivity index is 0.00000338. The first-order chi connectivity index (χ1) is 12.0. The van der Waals surface area contributed by atoms with E-state index in [2.05, 4.69) is 53.4 Å². The number of methoxy groups -OCH3 is 1. The molecule has 1 aliphatic rings. The van der Waals surface area contributed by atoms with Gasteiger partial charge < -0.3 is 24.6 Å². The second-order valence-electron chi connectivity index (χ2n) is 6.79. The molecule has 1 saturated heterocycles. The Morgan fingerprint density at radius 2 is 2.15 bits per heavy atom. The second-order valence-corrected chi connectivity index (χ2v) is 6.79. The lowest BCUT2D eigenvalue weighted by Crippen LogP contribution is -2.44. The van der Waals surface area contributed by atoms with Crippen molar-refractivity contribution in [3.63, 3.8) is 0 Å². The molecule has 0 amide bonds. The highest BCUT2D eigenvalue weighted by Crippen LogP contribution is 2.22. The molecule has 2 atom stereocenters. The first kappa shape index (κ1) is 23.0. The molecule has 1 fully saturated rings. The highest BCUT2D eigenvalue weighted by Gasteiger charge is 2.20. The zero-order valence-electron chi connectivity index (χ0n) is 16.6. The Morgan fingerprint density at radius 3 is 2.73 bits per heavy atom. The highest BCUT2D eigenvalue weighted by molar-refractivity contribution is 14.0. The molecule has 0 radical (unpaired) electrons. The number of guanidine groups is 1. The predicted molar refractivity (Wildman–Crippen MR) is 118 cm³/mol. The van der Waals surface area contributed by atoms with Gasteiger partial charge in [-0.2, -0.15) is 0 Å². The first-order valence-electron chi connectivity index (χ1n) is 8.85. The molecule has 1 aromatic rings. The van der Waals surface area contributed by atoms with Crippen LogP contribution < -0.4 is 10.1 Å². The number of nitrogens with zero attached hydrogens (tertiary/aromatic N) is 3. The topological polar surface area (TPSA) is 49.3 Å². The van der Waals surface area contributed by atoms with Crippen LogP contribution in [0.1, 0.15) is 18.0 Å². The summed E-state index contributed by atoms with van der Waals surface area (Å²) in [7, 11) is 9.80. The molecule has 26 heavy (non-hydrogen) atoms. The zero-order chi connectivity index (χ0) is 18.2. The summed E-state index contributed by atoms with van der Waals surface area (Å²) in [6.45, 7) is 3.47. The van der Waals surface area contributed by atoms with Crippen molar-refractivity contribution in [2.24, 2.45) is 10.9 Å². The van der Waals surface area contributed by atoms with Gasteiger partial charge in [-0.1, -0.05) is 12.1 Å². The lowest BCUT2D eigenvalue weighted by molar-refractivity contribution is 0.181. The molecule has 0 spiro atoms. The van der Waals surface area contributed by atoms with Crippen molar-refractivity contribution in [3.8, 4) is 5.75 Å². The van der Waals surface area contributed by atoms with E-state index >= 15 is 0 Å². The molecule has 1 aliphatic heterocycles. The summed E-state index contributed by atoms with van der Waals surface area (Å²) in [5.41, 5.74) is 1.22. The minimum Gasteiger partial charge on any atom is -0.497 e. The summed E-state index contributed by atoms with van der Waals surface area (Å²) in [6, 6.07) is 8.47. The number of likely N-dealkylation sites (N-methyl/N-ethyl adjacent to an activating group) is 1. The smallest absolute Gasteiger partial charge is 0.193 e. The number of benzene rings is 1. The van der Waals surface area contributed by atoms with E-state index in [9.17, 15) is 0 Å². The van der Waals surface area contributed by atoms with Crippen LogP contribution in [0.4, 0.5) is 0 Å². The maximum absolute atomic E-state index is 5.48. The average molecular weight is 476 g/mol. The maximum atomic E-state index is 5.48. The standard InChI is InChI=1S/C19H32N4O2.HI/c1-20-19(23(4)13-15-9-10-25-14-15)21-12-18(22(2)3)16-7-6-8-17(11-16)24-5;/h6-8,11,15,18H,9-10,12-14H2,1-5H3,(H,20,21);1H. The fraction of sp³-hybridized carbons (Fsp3) is 0.632. The summed E-state index contributed by atoms with van der Waals surface area (Å²) >= 11 is 0. The molecule has 1 heterocycles. The van der Waals surface area contributed by atoms with Crippen LogP contribution in [0.25, 0.3) is 0 Å². The zero-order valence-corrected chi connectivity index (χ0v) is 18.9. The predicted octanol–water partition coefficient (Wildman–Crippen LogP) is 2.46. The van der Waals surface area contributed by atoms with Crippen molar-refractivity contribution in [1.29, 1.82) is 0 Å². The van der Waals surface area contributed by atoms with Gasteiger partial charge in [0.15, 0.2) is 5.96 Å². The van der Waals surface area contributed by atoms with Crippen molar-refractivity contribution in [1.82, 2.24) is 15.1 Å². The SMILES string of the molecule is CN=C(NCC(c1cccc(OC)c1)N(C)C)N(C)CC1CCOC1.I. The fourth-order valence-corrected chi connectivity index (χ4v) is 3.22. The van der Waals surface area contributed by atoms with Gasteiger partial charge in [0.25, 0.3) is 0 Å². The minimum atomic E-state index is 0. The molecular weight excluding hydrogens is 443 g/mol. The molecule has 0 aromatic heterocycles. The highest BCUT2D eigenvalue weighted by atomic mass is 127. The number of ether oxygens (including phenoxy) is 2. The van der Waals surface area contributed by atoms with Gasteiger partial charge in [-0.25, -0.2) is 0 Å². The Kier molecular flexibility index (Phi) is 10.3. The lowest BCUT2D eigenvalue weighted by atomic mass is 10.1. The van der Waals surface area contributed by atoms with Crippen LogP contribution in [0.3, 0.4) is 0 Å². The van der Waals surface area contributed by atoms with Crippen LogP contribution in [0, 0.1) is 5.92 Å². The van der Waals surface area contributed by atoms with Gasteiger partial charge in [-0.05, 0) is 38.2 Å². The van der Waals surface area contributed by atoms with E-state index in [1.165, 1.54) is 5.56 Å². The Bertz CT molecular complexity index is 562. The minimum absolute atomic E-state index is 0. The largest absolute Gasteiger partial charge is 0.497 e. The van der Waals surface area contributed by atoms with Crippen molar-refractivity contribution >= 4 is 29.9 Å². The fourth-order valence-electron chi connectivity index (χ4n) is 3.22. The molecule has 2 rings (SSSR count). The van der Waals surface area contributed by atoms with Crippen LogP contribution in [0.5, 0.6) is 5.75 Å². The Morgan fingerprint density at radius 1 is 1.38 bits per heavy atom. The second kappa shape index (κ2) is 11.6. The first-order valence-corrected chi connectivity index (χ1v) is 8.85. The van der Waals surface area contributed by atoms with E-state index in [-0.39, 0.29) is 30.0 Å². The van der Waals surface area contributed by atoms with Crippen molar-refractivity contribution in [2.45, 2.75) is 12.5 Å². The summed E-state index contributed by atoms with van der Waals surface area (Å²) in [6.07, 6.45) is 1.13. The van der Waals surface area contributed by atoms with Crippen molar-refractivity contribution < 1.29 is 9.47 Å². The van der Waals surface area contributed by atoms with Gasteiger partial charge in [-0.3, -0.25) is 4.99 Å². The number of nitrogens with one attached hydrogen (secondary N) is 1. The van der Waals surface area contributed by atoms with E-state index in [0.717, 1.165) is 44.4 Å². The van der Waals surface area contributed by atoms with E-state index in [1.54, 1.807) is 7.11 Å². The molecule has 7 heteroatoms. The number of halogens is 1. The van der Waals surface area contributed by atoms with E-state index in [0.29, 0.717) is 5.92 Å². The molecule has 6 nitrogen and oxygen atoms in total. The third kappa shape index (κ3) is 6.59. The molecule has 1 N–H and O–H groups in total. The number of hydrogen-bond donors (Lipinski definition) is 1. The maximum Gasteiger partial charge on any atom is 0.193 e. The summed E-state index contributed by atoms with van der Waals surface area (Å²) < 4.78 is 10.8. The number of aliphatic imine (C=N–C) groups is 1. The quantitative estimate of drug-likeness (QED) is 0.372. The van der Waals surface area contributed by atoms with Gasteiger partial charge >= 0.3 is 0 Å². The van der Waals surface area contributed by atoms with Crippen LogP contribution >= 0.6 is 24.0 Å². The Hall–Kier alpha value is -1.06. The summed E-state index contributed by atoms with van der Waals surface area (Å²) in [5.74, 6) is 2.39. The number of hydrogen-bond acceptors (Lipinski definition) is 4. The van der Waals surface area contributed by atoms with Crippen LogP contribution in [-0.4, -0.2) is 77.4 Å². The van der Waals surface area contributed by atoms with E-state index < -0.39 is 0 Å². The molecule has 2 unspecified atom stereocenters. The van der Waals surface area contributed by atoms with Crippen LogP contribution in [-0.2, 0) is 4.74 Å². The Labute approximate surface area is 175 Å². The van der Waals surface area contributed by atoms with Crippen molar-refractivity contribution in [3.05, 3.63) is 29.8 Å². The van der Waals surface area contributed by atoms with E-state index in [1.807, 2.05) is 19.2 Å². The van der Waals surface area contributed by atoms with Crippen LogP contribution in [0.2, 0.25) is 0 Å². The third-order valence-corrected chi connectivity index (χ3v) is 4.68. The molecular formula is C19H33IN4O2. The summed E-state index contributed by atoms with van der Waals surface area (Å²) in [5, 5.41) is 3.51. The summed E-state index contributed by atoms with van der Waals surface area (Å²) in [4.78, 5) is 8.84.